The summed E-state index contributed by atoms with van der Waals surface area (Å²) in [5, 5.41) is -0.502. The lowest BCUT2D eigenvalue weighted by Gasteiger charge is -2.23. The fourth-order valence-corrected chi connectivity index (χ4v) is 3.71. The average molecular weight is 313 g/mol. The third-order valence-corrected chi connectivity index (χ3v) is 5.29. The van der Waals surface area contributed by atoms with Crippen molar-refractivity contribution in [2.75, 3.05) is 25.0 Å². The van der Waals surface area contributed by atoms with Crippen LogP contribution in [0.4, 0.5) is 5.69 Å². The van der Waals surface area contributed by atoms with Crippen molar-refractivity contribution in [2.45, 2.75) is 25.0 Å². The Morgan fingerprint density at radius 3 is 2.62 bits per heavy atom. The van der Waals surface area contributed by atoms with E-state index in [-0.39, 0.29) is 11.3 Å². The lowest BCUT2D eigenvalue weighted by Crippen LogP contribution is -2.33. The number of ether oxygens (including phenoxy) is 2. The molecule has 0 atom stereocenters. The molecular weight excluding hydrogens is 294 g/mol. The van der Waals surface area contributed by atoms with Gasteiger partial charge in [-0.25, -0.2) is 13.2 Å². The Morgan fingerprint density at radius 1 is 1.33 bits per heavy atom. The Balaban J connectivity index is 2.28. The molecule has 6 nitrogen and oxygen atoms in total. The number of hydrogen-bond acceptors (Lipinski definition) is 5. The largest absolute Gasteiger partial charge is 0.465 e. The number of methoxy groups -OCH3 is 1. The Labute approximate surface area is 124 Å². The number of aryl methyl sites for hydroxylation is 1. The number of nitrogens with one attached hydrogen (secondary N) is 1. The van der Waals surface area contributed by atoms with Crippen LogP contribution in [0.25, 0.3) is 0 Å². The molecule has 1 N–H and O–H groups in total. The first-order valence-electron chi connectivity index (χ1n) is 6.72. The summed E-state index contributed by atoms with van der Waals surface area (Å²) in [6.07, 6.45) is 0.906. The van der Waals surface area contributed by atoms with Gasteiger partial charge in [0, 0.05) is 13.2 Å². The van der Waals surface area contributed by atoms with Crippen molar-refractivity contribution in [3.05, 3.63) is 29.3 Å². The molecule has 1 aliphatic heterocycles. The molecule has 1 heterocycles. The van der Waals surface area contributed by atoms with Gasteiger partial charge in [0.2, 0.25) is 10.0 Å². The highest BCUT2D eigenvalue weighted by molar-refractivity contribution is 7.93. The SMILES string of the molecule is COC(=O)c1cc(C)ccc1NS(=O)(=O)C1CCOCC1. The maximum absolute atomic E-state index is 12.4. The molecule has 0 saturated carbocycles. The van der Waals surface area contributed by atoms with Crippen LogP contribution in [-0.4, -0.2) is 40.0 Å². The highest BCUT2D eigenvalue weighted by Gasteiger charge is 2.28. The third kappa shape index (κ3) is 3.74. The molecule has 0 unspecified atom stereocenters. The van der Waals surface area contributed by atoms with Gasteiger partial charge < -0.3 is 9.47 Å². The number of rotatable bonds is 4. The minimum Gasteiger partial charge on any atom is -0.465 e. The van der Waals surface area contributed by atoms with Crippen LogP contribution in [0, 0.1) is 6.92 Å². The van der Waals surface area contributed by atoms with Crippen molar-refractivity contribution in [3.8, 4) is 0 Å². The van der Waals surface area contributed by atoms with E-state index in [9.17, 15) is 13.2 Å². The molecule has 1 aromatic rings. The molecule has 0 aromatic heterocycles. The first kappa shape index (κ1) is 15.8. The Bertz CT molecular complexity index is 620. The number of sulfonamides is 1. The molecule has 0 spiro atoms. The third-order valence-electron chi connectivity index (χ3n) is 3.44. The summed E-state index contributed by atoms with van der Waals surface area (Å²) in [4.78, 5) is 11.8. The molecule has 2 rings (SSSR count). The summed E-state index contributed by atoms with van der Waals surface area (Å²) in [5.41, 5.74) is 1.32. The van der Waals surface area contributed by atoms with Crippen LogP contribution in [0.2, 0.25) is 0 Å². The Morgan fingerprint density at radius 2 is 2.00 bits per heavy atom. The molecule has 116 valence electrons. The molecule has 0 radical (unpaired) electrons. The first-order chi connectivity index (χ1) is 9.94. The van der Waals surface area contributed by atoms with E-state index in [0.717, 1.165) is 5.56 Å². The summed E-state index contributed by atoms with van der Waals surface area (Å²) in [6, 6.07) is 4.93. The van der Waals surface area contributed by atoms with Crippen molar-refractivity contribution >= 4 is 21.7 Å². The zero-order valence-corrected chi connectivity index (χ0v) is 12.9. The summed E-state index contributed by atoms with van der Waals surface area (Å²) in [5.74, 6) is -0.566. The van der Waals surface area contributed by atoms with Crippen molar-refractivity contribution in [2.24, 2.45) is 0 Å². The van der Waals surface area contributed by atoms with Crippen LogP contribution < -0.4 is 4.72 Å². The van der Waals surface area contributed by atoms with Crippen molar-refractivity contribution in [1.29, 1.82) is 0 Å². The molecule has 1 aliphatic rings. The minimum atomic E-state index is -3.55. The topological polar surface area (TPSA) is 81.7 Å². The van der Waals surface area contributed by atoms with Crippen molar-refractivity contribution < 1.29 is 22.7 Å². The normalized spacial score (nSPS) is 16.5. The molecular formula is C14H19NO5S. The highest BCUT2D eigenvalue weighted by atomic mass is 32.2. The lowest BCUT2D eigenvalue weighted by molar-refractivity contribution is 0.0602. The minimum absolute atomic E-state index is 0.216. The van der Waals surface area contributed by atoms with E-state index in [1.54, 1.807) is 18.2 Å². The predicted molar refractivity (Wildman–Crippen MR) is 78.9 cm³/mol. The zero-order valence-electron chi connectivity index (χ0n) is 12.1. The van der Waals surface area contributed by atoms with E-state index < -0.39 is 21.2 Å². The Kier molecular flexibility index (Phi) is 4.84. The molecule has 0 amide bonds. The van der Waals surface area contributed by atoms with Gasteiger partial charge in [-0.3, -0.25) is 4.72 Å². The van der Waals surface area contributed by atoms with Crippen LogP contribution in [-0.2, 0) is 19.5 Å². The van der Waals surface area contributed by atoms with E-state index in [1.807, 2.05) is 6.92 Å². The number of carbonyl (C=O) groups excluding carboxylic acids is 1. The fraction of sp³-hybridized carbons (Fsp3) is 0.500. The van der Waals surface area contributed by atoms with E-state index in [2.05, 4.69) is 4.72 Å². The molecule has 21 heavy (non-hydrogen) atoms. The molecule has 1 saturated heterocycles. The van der Waals surface area contributed by atoms with Gasteiger partial charge in [-0.2, -0.15) is 0 Å². The molecule has 1 aromatic carbocycles. The van der Waals surface area contributed by atoms with Crippen LogP contribution >= 0.6 is 0 Å². The Hall–Kier alpha value is -1.60. The lowest BCUT2D eigenvalue weighted by atomic mass is 10.1. The van der Waals surface area contributed by atoms with Crippen molar-refractivity contribution in [3.63, 3.8) is 0 Å². The van der Waals surface area contributed by atoms with E-state index >= 15 is 0 Å². The quantitative estimate of drug-likeness (QED) is 0.856. The standard InChI is InChI=1S/C14H19NO5S/c1-10-3-4-13(12(9-10)14(16)19-2)15-21(17,18)11-5-7-20-8-6-11/h3-4,9,11,15H,5-8H2,1-2H3. The summed E-state index contributed by atoms with van der Waals surface area (Å²) in [6.45, 7) is 2.69. The van der Waals surface area contributed by atoms with Crippen LogP contribution in [0.5, 0.6) is 0 Å². The highest BCUT2D eigenvalue weighted by Crippen LogP contribution is 2.23. The van der Waals surface area contributed by atoms with Gasteiger partial charge in [0.15, 0.2) is 0 Å². The maximum Gasteiger partial charge on any atom is 0.340 e. The summed E-state index contributed by atoms with van der Waals surface area (Å²) >= 11 is 0. The number of benzene rings is 1. The second-order valence-corrected chi connectivity index (χ2v) is 6.96. The zero-order chi connectivity index (χ0) is 15.5. The molecule has 0 aliphatic carbocycles. The average Bonchev–Trinajstić information content (AvgIpc) is 2.49. The predicted octanol–water partition coefficient (Wildman–Crippen LogP) is 1.70. The maximum atomic E-state index is 12.4. The van der Waals surface area contributed by atoms with Gasteiger partial charge in [-0.15, -0.1) is 0 Å². The number of esters is 1. The van der Waals surface area contributed by atoms with Crippen molar-refractivity contribution in [1.82, 2.24) is 0 Å². The first-order valence-corrected chi connectivity index (χ1v) is 8.27. The van der Waals surface area contributed by atoms with Crippen LogP contribution in [0.1, 0.15) is 28.8 Å². The van der Waals surface area contributed by atoms with Gasteiger partial charge in [0.1, 0.15) is 0 Å². The van der Waals surface area contributed by atoms with Gasteiger partial charge >= 0.3 is 5.97 Å². The monoisotopic (exact) mass is 313 g/mol. The van der Waals surface area contributed by atoms with E-state index in [1.165, 1.54) is 7.11 Å². The summed E-state index contributed by atoms with van der Waals surface area (Å²) < 4.78 is 37.2. The van der Waals surface area contributed by atoms with Gasteiger partial charge in [0.05, 0.1) is 23.6 Å². The van der Waals surface area contributed by atoms with Crippen LogP contribution in [0.3, 0.4) is 0 Å². The van der Waals surface area contributed by atoms with Gasteiger partial charge in [-0.1, -0.05) is 11.6 Å². The van der Waals surface area contributed by atoms with E-state index in [0.29, 0.717) is 26.1 Å². The molecule has 1 fully saturated rings. The van der Waals surface area contributed by atoms with E-state index in [4.69, 9.17) is 9.47 Å². The number of anilines is 1. The number of hydrogen-bond donors (Lipinski definition) is 1. The summed E-state index contributed by atoms with van der Waals surface area (Å²) in [7, 11) is -2.29. The van der Waals surface area contributed by atoms with Crippen LogP contribution in [0.15, 0.2) is 18.2 Å². The molecule has 0 bridgehead atoms. The smallest absolute Gasteiger partial charge is 0.340 e. The van der Waals surface area contributed by atoms with Gasteiger partial charge in [0.25, 0.3) is 0 Å². The fourth-order valence-electron chi connectivity index (χ4n) is 2.25. The number of carbonyl (C=O) groups is 1. The second-order valence-electron chi connectivity index (χ2n) is 5.00. The second kappa shape index (κ2) is 6.44. The van der Waals surface area contributed by atoms with Gasteiger partial charge in [-0.05, 0) is 31.9 Å². The molecule has 7 heteroatoms.